The summed E-state index contributed by atoms with van der Waals surface area (Å²) in [7, 11) is -3.42. The summed E-state index contributed by atoms with van der Waals surface area (Å²) in [6, 6.07) is 5.18. The fourth-order valence-corrected chi connectivity index (χ4v) is 4.25. The van der Waals surface area contributed by atoms with Crippen LogP contribution >= 0.6 is 11.6 Å². The molecule has 1 N–H and O–H groups in total. The Kier molecular flexibility index (Phi) is 5.07. The molecule has 0 bridgehead atoms. The van der Waals surface area contributed by atoms with E-state index in [1.165, 1.54) is 0 Å². The number of nitrogens with zero attached hydrogens (tertiary/aromatic N) is 1. The zero-order chi connectivity index (χ0) is 14.8. The Bertz CT molecular complexity index is 571. The van der Waals surface area contributed by atoms with E-state index < -0.39 is 10.0 Å². The minimum Gasteiger partial charge on any atom is -0.313 e. The first kappa shape index (κ1) is 15.8. The van der Waals surface area contributed by atoms with Gasteiger partial charge >= 0.3 is 0 Å². The van der Waals surface area contributed by atoms with Crippen molar-refractivity contribution in [1.82, 2.24) is 9.62 Å². The van der Waals surface area contributed by atoms with Gasteiger partial charge in [0.25, 0.3) is 0 Å². The summed E-state index contributed by atoms with van der Waals surface area (Å²) in [4.78, 5) is 0.288. The lowest BCUT2D eigenvalue weighted by Gasteiger charge is -2.20. The van der Waals surface area contributed by atoms with Crippen LogP contribution in [0.1, 0.15) is 32.3 Å². The molecule has 20 heavy (non-hydrogen) atoms. The van der Waals surface area contributed by atoms with Crippen molar-refractivity contribution >= 4 is 21.6 Å². The molecule has 1 aliphatic rings. The van der Waals surface area contributed by atoms with Gasteiger partial charge in [0.05, 0.1) is 4.90 Å². The number of nitrogens with one attached hydrogen (secondary N) is 1. The van der Waals surface area contributed by atoms with E-state index in [1.807, 2.05) is 13.8 Å². The first-order valence-electron chi connectivity index (χ1n) is 7.01. The minimum atomic E-state index is -3.42. The fraction of sp³-hybridized carbons (Fsp3) is 0.571. The van der Waals surface area contributed by atoms with Crippen LogP contribution in [-0.4, -0.2) is 31.9 Å². The third-order valence-electron chi connectivity index (χ3n) is 3.46. The Balaban J connectivity index is 2.25. The van der Waals surface area contributed by atoms with Crippen LogP contribution in [0.5, 0.6) is 0 Å². The Labute approximate surface area is 126 Å². The lowest BCUT2D eigenvalue weighted by Crippen LogP contribution is -2.32. The van der Waals surface area contributed by atoms with Gasteiger partial charge in [0, 0.05) is 24.2 Å². The molecule has 0 aliphatic heterocycles. The fourth-order valence-electron chi connectivity index (χ4n) is 2.21. The van der Waals surface area contributed by atoms with E-state index >= 15 is 0 Å². The average Bonchev–Trinajstić information content (AvgIpc) is 3.22. The van der Waals surface area contributed by atoms with E-state index in [4.69, 9.17) is 11.6 Å². The Morgan fingerprint density at radius 3 is 2.55 bits per heavy atom. The maximum Gasteiger partial charge on any atom is 0.243 e. The van der Waals surface area contributed by atoms with Gasteiger partial charge in [-0.2, -0.15) is 4.31 Å². The average molecular weight is 317 g/mol. The van der Waals surface area contributed by atoms with Crippen molar-refractivity contribution in [2.24, 2.45) is 0 Å². The molecule has 0 radical (unpaired) electrons. The summed E-state index contributed by atoms with van der Waals surface area (Å²) in [6.45, 7) is 5.89. The minimum absolute atomic E-state index is 0.171. The topological polar surface area (TPSA) is 49.4 Å². The largest absolute Gasteiger partial charge is 0.313 e. The van der Waals surface area contributed by atoms with Gasteiger partial charge < -0.3 is 5.32 Å². The van der Waals surface area contributed by atoms with Crippen molar-refractivity contribution in [3.8, 4) is 0 Å². The molecule has 1 aromatic rings. The van der Waals surface area contributed by atoms with Crippen LogP contribution in [0.4, 0.5) is 0 Å². The van der Waals surface area contributed by atoms with E-state index in [1.54, 1.807) is 22.5 Å². The van der Waals surface area contributed by atoms with Crippen molar-refractivity contribution in [2.45, 2.75) is 44.2 Å². The number of benzene rings is 1. The molecule has 1 aromatic carbocycles. The molecule has 4 nitrogen and oxygen atoms in total. The monoisotopic (exact) mass is 316 g/mol. The molecule has 0 saturated heterocycles. The Morgan fingerprint density at radius 1 is 1.35 bits per heavy atom. The van der Waals surface area contributed by atoms with Gasteiger partial charge in [-0.15, -0.1) is 0 Å². The van der Waals surface area contributed by atoms with Crippen molar-refractivity contribution < 1.29 is 8.42 Å². The number of hydrogen-bond acceptors (Lipinski definition) is 3. The van der Waals surface area contributed by atoms with E-state index in [9.17, 15) is 8.42 Å². The molecule has 0 spiro atoms. The molecule has 112 valence electrons. The lowest BCUT2D eigenvalue weighted by molar-refractivity contribution is 0.421. The molecule has 2 rings (SSSR count). The van der Waals surface area contributed by atoms with Crippen LogP contribution in [0, 0.1) is 0 Å². The van der Waals surface area contributed by atoms with Gasteiger partial charge in [0.15, 0.2) is 0 Å². The maximum absolute atomic E-state index is 12.6. The highest BCUT2D eigenvalue weighted by molar-refractivity contribution is 7.89. The molecule has 0 heterocycles. The van der Waals surface area contributed by atoms with E-state index in [0.29, 0.717) is 18.1 Å². The zero-order valence-corrected chi connectivity index (χ0v) is 13.5. The molecule has 0 atom stereocenters. The molecular formula is C14H21ClN2O2S. The second-order valence-electron chi connectivity index (χ2n) is 4.97. The molecule has 1 aliphatic carbocycles. The summed E-state index contributed by atoms with van der Waals surface area (Å²) in [5.41, 5.74) is 0.918. The highest BCUT2D eigenvalue weighted by atomic mass is 35.5. The van der Waals surface area contributed by atoms with Gasteiger partial charge in [0.1, 0.15) is 0 Å². The number of hydrogen-bond donors (Lipinski definition) is 1. The van der Waals surface area contributed by atoms with E-state index in [0.717, 1.165) is 24.9 Å². The van der Waals surface area contributed by atoms with Crippen molar-refractivity contribution in [1.29, 1.82) is 0 Å². The molecule has 6 heteroatoms. The number of sulfonamides is 1. The molecule has 0 unspecified atom stereocenters. The van der Waals surface area contributed by atoms with Crippen LogP contribution < -0.4 is 5.32 Å². The number of halogens is 1. The third kappa shape index (κ3) is 3.34. The lowest BCUT2D eigenvalue weighted by atomic mass is 10.2. The van der Waals surface area contributed by atoms with Crippen LogP contribution in [-0.2, 0) is 16.6 Å². The van der Waals surface area contributed by atoms with Gasteiger partial charge in [-0.25, -0.2) is 8.42 Å². The van der Waals surface area contributed by atoms with Gasteiger partial charge in [-0.3, -0.25) is 0 Å². The third-order valence-corrected chi connectivity index (χ3v) is 5.84. The molecular weight excluding hydrogens is 296 g/mol. The van der Waals surface area contributed by atoms with Crippen LogP contribution in [0.25, 0.3) is 0 Å². The highest BCUT2D eigenvalue weighted by Crippen LogP contribution is 2.32. The summed E-state index contributed by atoms with van der Waals surface area (Å²) >= 11 is 6.19. The standard InChI is InChI=1S/C14H21ClN2O2S/c1-3-16-10-11-5-8-13(9-14(11)15)20(18,19)17(4-2)12-6-7-12/h5,8-9,12,16H,3-4,6-7,10H2,1-2H3. The molecule has 0 amide bonds. The van der Waals surface area contributed by atoms with Crippen molar-refractivity contribution in [3.05, 3.63) is 28.8 Å². The molecule has 1 fully saturated rings. The highest BCUT2D eigenvalue weighted by Gasteiger charge is 2.36. The van der Waals surface area contributed by atoms with Gasteiger partial charge in [-0.05, 0) is 37.1 Å². The number of rotatable bonds is 7. The second kappa shape index (κ2) is 6.43. The zero-order valence-electron chi connectivity index (χ0n) is 11.9. The van der Waals surface area contributed by atoms with Crippen molar-refractivity contribution in [2.75, 3.05) is 13.1 Å². The van der Waals surface area contributed by atoms with Crippen molar-refractivity contribution in [3.63, 3.8) is 0 Å². The predicted molar refractivity (Wildman–Crippen MR) is 81.4 cm³/mol. The summed E-state index contributed by atoms with van der Waals surface area (Å²) in [5.74, 6) is 0. The summed E-state index contributed by atoms with van der Waals surface area (Å²) in [6.07, 6.45) is 1.92. The SMILES string of the molecule is CCNCc1ccc(S(=O)(=O)N(CC)C2CC2)cc1Cl. The second-order valence-corrected chi connectivity index (χ2v) is 7.27. The van der Waals surface area contributed by atoms with Crippen LogP contribution in [0.15, 0.2) is 23.1 Å². The maximum atomic E-state index is 12.6. The molecule has 1 saturated carbocycles. The Hall–Kier alpha value is -0.620. The molecule has 0 aromatic heterocycles. The first-order valence-corrected chi connectivity index (χ1v) is 8.83. The first-order chi connectivity index (χ1) is 9.50. The predicted octanol–water partition coefficient (Wildman–Crippen LogP) is 2.62. The Morgan fingerprint density at radius 2 is 2.05 bits per heavy atom. The summed E-state index contributed by atoms with van der Waals surface area (Å²) < 4.78 is 26.7. The quantitative estimate of drug-likeness (QED) is 0.841. The normalized spacial score (nSPS) is 15.8. The van der Waals surface area contributed by atoms with Crippen LogP contribution in [0.3, 0.4) is 0 Å². The van der Waals surface area contributed by atoms with E-state index in [2.05, 4.69) is 5.32 Å². The van der Waals surface area contributed by atoms with Gasteiger partial charge in [-0.1, -0.05) is 31.5 Å². The smallest absolute Gasteiger partial charge is 0.243 e. The van der Waals surface area contributed by atoms with E-state index in [-0.39, 0.29) is 10.9 Å². The van der Waals surface area contributed by atoms with Gasteiger partial charge in [0.2, 0.25) is 10.0 Å². The van der Waals surface area contributed by atoms with Crippen LogP contribution in [0.2, 0.25) is 5.02 Å². The summed E-state index contributed by atoms with van der Waals surface area (Å²) in [5, 5.41) is 3.68.